The van der Waals surface area contributed by atoms with E-state index in [1.165, 1.54) is 0 Å². The zero-order valence-corrected chi connectivity index (χ0v) is 21.8. The topological polar surface area (TPSA) is 64.1 Å². The highest BCUT2D eigenvalue weighted by Gasteiger charge is 2.13. The number of hydrogen-bond donors (Lipinski definition) is 2. The average Bonchev–Trinajstić information content (AvgIpc) is 2.88. The van der Waals surface area contributed by atoms with E-state index >= 15 is 0 Å². The largest absolute Gasteiger partial charge is 0.490 e. The number of para-hydroxylation sites is 1. The maximum Gasteiger partial charge on any atom is 0.187 e. The van der Waals surface area contributed by atoms with Crippen LogP contribution in [0, 0.1) is 0 Å². The minimum Gasteiger partial charge on any atom is -0.490 e. The Balaban J connectivity index is 1.55. The zero-order valence-electron chi connectivity index (χ0n) is 20.2. The lowest BCUT2D eigenvalue weighted by Gasteiger charge is -2.15. The highest BCUT2D eigenvalue weighted by atomic mass is 35.5. The maximum absolute atomic E-state index is 6.51. The lowest BCUT2D eigenvalue weighted by Crippen LogP contribution is -2.31. The van der Waals surface area contributed by atoms with Gasteiger partial charge in [0.05, 0.1) is 17.8 Å². The Labute approximate surface area is 222 Å². The van der Waals surface area contributed by atoms with Crippen molar-refractivity contribution in [2.45, 2.75) is 19.9 Å². The summed E-state index contributed by atoms with van der Waals surface area (Å²) in [5.74, 6) is 1.81. The predicted molar refractivity (Wildman–Crippen MR) is 151 cm³/mol. The average molecular weight is 524 g/mol. The zero-order chi connectivity index (χ0) is 25.6. The number of benzene rings is 3. The Morgan fingerprint density at radius 1 is 1.00 bits per heavy atom. The maximum atomic E-state index is 6.51. The van der Waals surface area contributed by atoms with Gasteiger partial charge in [0.25, 0.3) is 0 Å². The van der Waals surface area contributed by atoms with Crippen LogP contribution < -0.4 is 25.0 Å². The van der Waals surface area contributed by atoms with E-state index in [1.54, 1.807) is 12.3 Å². The normalized spacial score (nSPS) is 10.6. The molecule has 3 aromatic rings. The van der Waals surface area contributed by atoms with Gasteiger partial charge >= 0.3 is 0 Å². The van der Waals surface area contributed by atoms with Crippen molar-refractivity contribution >= 4 is 35.1 Å². The van der Waals surface area contributed by atoms with Crippen molar-refractivity contribution in [2.75, 3.05) is 19.8 Å². The summed E-state index contributed by atoms with van der Waals surface area (Å²) < 4.78 is 17.6. The number of nitrogens with zero attached hydrogens (tertiary/aromatic N) is 1. The molecule has 0 unspecified atom stereocenters. The molecule has 3 aromatic carbocycles. The van der Waals surface area contributed by atoms with Crippen molar-refractivity contribution in [1.29, 1.82) is 0 Å². The van der Waals surface area contributed by atoms with Crippen LogP contribution in [-0.2, 0) is 13.0 Å². The van der Waals surface area contributed by atoms with Gasteiger partial charge < -0.3 is 19.5 Å². The first-order valence-corrected chi connectivity index (χ1v) is 12.4. The number of halogens is 1. The van der Waals surface area contributed by atoms with Crippen molar-refractivity contribution < 1.29 is 14.2 Å². The summed E-state index contributed by atoms with van der Waals surface area (Å²) in [5, 5.41) is 8.14. The van der Waals surface area contributed by atoms with E-state index in [2.05, 4.69) is 22.4 Å². The van der Waals surface area contributed by atoms with Gasteiger partial charge in [-0.1, -0.05) is 66.2 Å². The molecule has 0 atom stereocenters. The molecule has 0 aliphatic rings. The van der Waals surface area contributed by atoms with E-state index in [1.807, 2.05) is 73.7 Å². The van der Waals surface area contributed by atoms with Crippen molar-refractivity contribution in [3.63, 3.8) is 0 Å². The van der Waals surface area contributed by atoms with E-state index in [4.69, 9.17) is 38.0 Å². The Morgan fingerprint density at radius 2 is 1.75 bits per heavy atom. The van der Waals surface area contributed by atoms with Crippen molar-refractivity contribution in [3.05, 3.63) is 101 Å². The van der Waals surface area contributed by atoms with E-state index in [9.17, 15) is 0 Å². The van der Waals surface area contributed by atoms with Crippen molar-refractivity contribution in [3.8, 4) is 17.2 Å². The monoisotopic (exact) mass is 523 g/mol. The van der Waals surface area contributed by atoms with Crippen LogP contribution in [0.3, 0.4) is 0 Å². The fraction of sp³-hybridized carbons (Fsp3) is 0.214. The van der Waals surface area contributed by atoms with Crippen LogP contribution in [0.4, 0.5) is 0 Å². The lowest BCUT2D eigenvalue weighted by atomic mass is 10.1. The summed E-state index contributed by atoms with van der Waals surface area (Å²) in [6, 6.07) is 21.4. The van der Waals surface area contributed by atoms with Gasteiger partial charge in [-0.3, -0.25) is 5.43 Å². The van der Waals surface area contributed by atoms with Gasteiger partial charge in [0.15, 0.2) is 16.6 Å². The highest BCUT2D eigenvalue weighted by Crippen LogP contribution is 2.36. The molecule has 0 spiro atoms. The lowest BCUT2D eigenvalue weighted by molar-refractivity contribution is 0.207. The van der Waals surface area contributed by atoms with Crippen LogP contribution in [-0.4, -0.2) is 31.1 Å². The number of hydrazone groups is 1. The SMILES string of the molecule is C=CCc1ccccc1OCCOc1c(Cl)cc(/C=N\NC(=S)NCc2ccccc2)cc1OCC. The molecular weight excluding hydrogens is 494 g/mol. The van der Waals surface area contributed by atoms with E-state index in [0.29, 0.717) is 48.0 Å². The molecule has 0 amide bonds. The van der Waals surface area contributed by atoms with Gasteiger partial charge in [0, 0.05) is 6.54 Å². The van der Waals surface area contributed by atoms with Crippen LogP contribution in [0.15, 0.2) is 84.5 Å². The molecule has 188 valence electrons. The van der Waals surface area contributed by atoms with Crippen LogP contribution >= 0.6 is 23.8 Å². The van der Waals surface area contributed by atoms with Gasteiger partial charge in [-0.25, -0.2) is 0 Å². The first-order valence-electron chi connectivity index (χ1n) is 11.6. The molecule has 0 aliphatic heterocycles. The van der Waals surface area contributed by atoms with Crippen LogP contribution in [0.2, 0.25) is 5.02 Å². The predicted octanol–water partition coefficient (Wildman–Crippen LogP) is 5.92. The Kier molecular flexibility index (Phi) is 11.1. The number of hydrogen-bond acceptors (Lipinski definition) is 5. The summed E-state index contributed by atoms with van der Waals surface area (Å²) in [7, 11) is 0. The molecule has 0 heterocycles. The second-order valence-electron chi connectivity index (χ2n) is 7.60. The molecule has 0 fully saturated rings. The second kappa shape index (κ2) is 14.8. The quantitative estimate of drug-likeness (QED) is 0.0952. The standard InChI is InChI=1S/C28H30ClN3O3S/c1-3-10-23-13-8-9-14-25(23)34-15-16-35-27-24(29)17-22(18-26(27)33-4-2)20-31-32-28(36)30-19-21-11-6-5-7-12-21/h3,5-9,11-14,17-18,20H,1,4,10,15-16,19H2,2H3,(H2,30,32,36)/b31-20-. The third-order valence-electron chi connectivity index (χ3n) is 4.93. The summed E-state index contributed by atoms with van der Waals surface area (Å²) in [6.07, 6.45) is 4.21. The number of nitrogens with one attached hydrogen (secondary N) is 2. The number of allylic oxidation sites excluding steroid dienone is 1. The fourth-order valence-corrected chi connectivity index (χ4v) is 3.71. The molecule has 3 rings (SSSR count). The number of ether oxygens (including phenoxy) is 3. The molecule has 0 bridgehead atoms. The van der Waals surface area contributed by atoms with Gasteiger partial charge in [0.2, 0.25) is 0 Å². The highest BCUT2D eigenvalue weighted by molar-refractivity contribution is 7.80. The number of rotatable bonds is 13. The van der Waals surface area contributed by atoms with Gasteiger partial charge in [-0.15, -0.1) is 6.58 Å². The number of thiocarbonyl (C=S) groups is 1. The first-order chi connectivity index (χ1) is 17.6. The van der Waals surface area contributed by atoms with E-state index in [-0.39, 0.29) is 0 Å². The molecule has 0 aromatic heterocycles. The molecule has 0 radical (unpaired) electrons. The third-order valence-corrected chi connectivity index (χ3v) is 5.45. The molecule has 0 saturated heterocycles. The fourth-order valence-electron chi connectivity index (χ4n) is 3.31. The van der Waals surface area contributed by atoms with Crippen molar-refractivity contribution in [2.24, 2.45) is 5.10 Å². The summed E-state index contributed by atoms with van der Waals surface area (Å²) in [6.45, 7) is 7.43. The first kappa shape index (κ1) is 27.0. The summed E-state index contributed by atoms with van der Waals surface area (Å²) in [4.78, 5) is 0. The van der Waals surface area contributed by atoms with Gasteiger partial charge in [-0.05, 0) is 60.5 Å². The summed E-state index contributed by atoms with van der Waals surface area (Å²) in [5.41, 5.74) is 5.75. The molecular formula is C28H30ClN3O3S. The second-order valence-corrected chi connectivity index (χ2v) is 8.41. The van der Waals surface area contributed by atoms with Crippen LogP contribution in [0.25, 0.3) is 0 Å². The Bertz CT molecular complexity index is 1170. The summed E-state index contributed by atoms with van der Waals surface area (Å²) >= 11 is 11.8. The molecule has 0 saturated carbocycles. The van der Waals surface area contributed by atoms with Gasteiger partial charge in [0.1, 0.15) is 19.0 Å². The van der Waals surface area contributed by atoms with Crippen LogP contribution in [0.5, 0.6) is 17.2 Å². The molecule has 6 nitrogen and oxygen atoms in total. The minimum absolute atomic E-state index is 0.304. The van der Waals surface area contributed by atoms with Crippen molar-refractivity contribution in [1.82, 2.24) is 10.7 Å². The molecule has 36 heavy (non-hydrogen) atoms. The smallest absolute Gasteiger partial charge is 0.187 e. The van der Waals surface area contributed by atoms with Crippen LogP contribution in [0.1, 0.15) is 23.6 Å². The van der Waals surface area contributed by atoms with E-state index < -0.39 is 0 Å². The Morgan fingerprint density at radius 3 is 2.53 bits per heavy atom. The molecule has 8 heteroatoms. The third kappa shape index (κ3) is 8.59. The van der Waals surface area contributed by atoms with Gasteiger partial charge in [-0.2, -0.15) is 5.10 Å². The Hall–Kier alpha value is -3.55. The molecule has 2 N–H and O–H groups in total. The van der Waals surface area contributed by atoms with E-state index in [0.717, 1.165) is 28.9 Å². The molecule has 0 aliphatic carbocycles. The minimum atomic E-state index is 0.304.